The van der Waals surface area contributed by atoms with Crippen LogP contribution in [0.2, 0.25) is 0 Å². The van der Waals surface area contributed by atoms with E-state index < -0.39 is 0 Å². The summed E-state index contributed by atoms with van der Waals surface area (Å²) in [5.74, 6) is 0.00403. The van der Waals surface area contributed by atoms with Crippen molar-refractivity contribution in [2.75, 3.05) is 30.4 Å². The Labute approximate surface area is 101 Å². The number of carbonyl (C=O) groups excluding carboxylic acids is 1. The summed E-state index contributed by atoms with van der Waals surface area (Å²) >= 11 is 0. The van der Waals surface area contributed by atoms with Gasteiger partial charge in [-0.3, -0.25) is 4.79 Å². The van der Waals surface area contributed by atoms with Gasteiger partial charge >= 0.3 is 0 Å². The lowest BCUT2D eigenvalue weighted by atomic mass is 10.1. The zero-order chi connectivity index (χ0) is 12.1. The lowest BCUT2D eigenvalue weighted by Crippen LogP contribution is -2.14. The van der Waals surface area contributed by atoms with Crippen LogP contribution in [-0.2, 0) is 16.0 Å². The average Bonchev–Trinajstić information content (AvgIpc) is 2.76. The molecule has 0 radical (unpaired) electrons. The number of rotatable bonds is 5. The van der Waals surface area contributed by atoms with Crippen LogP contribution >= 0.6 is 0 Å². The molecule has 2 N–H and O–H groups in total. The first-order valence-electron chi connectivity index (χ1n) is 6.04. The third-order valence-electron chi connectivity index (χ3n) is 2.78. The predicted molar refractivity (Wildman–Crippen MR) is 68.4 cm³/mol. The lowest BCUT2D eigenvalue weighted by Gasteiger charge is -2.07. The van der Waals surface area contributed by atoms with Crippen molar-refractivity contribution in [3.63, 3.8) is 0 Å². The standard InChI is InChI=1S/C13H18N2O2/c1-2-17-8-6-13(16)15-11-3-4-12-10(9-11)5-7-14-12/h3-4,9,14H,2,5-8H2,1H3,(H,15,16). The van der Waals surface area contributed by atoms with Crippen LogP contribution in [-0.4, -0.2) is 25.7 Å². The molecule has 4 heteroatoms. The summed E-state index contributed by atoms with van der Waals surface area (Å²) in [5.41, 5.74) is 3.32. The Bertz CT molecular complexity index is 404. The topological polar surface area (TPSA) is 50.4 Å². The average molecular weight is 234 g/mol. The lowest BCUT2D eigenvalue weighted by molar-refractivity contribution is -0.117. The largest absolute Gasteiger partial charge is 0.384 e. The van der Waals surface area contributed by atoms with Crippen molar-refractivity contribution in [3.8, 4) is 0 Å². The van der Waals surface area contributed by atoms with E-state index in [0.717, 1.165) is 18.7 Å². The van der Waals surface area contributed by atoms with Crippen LogP contribution in [0.4, 0.5) is 11.4 Å². The molecule has 0 aromatic heterocycles. The number of benzene rings is 1. The van der Waals surface area contributed by atoms with Crippen LogP contribution < -0.4 is 10.6 Å². The Kier molecular flexibility index (Phi) is 3.98. The van der Waals surface area contributed by atoms with Gasteiger partial charge in [-0.1, -0.05) is 0 Å². The molecule has 0 aliphatic carbocycles. The number of fused-ring (bicyclic) bond motifs is 1. The van der Waals surface area contributed by atoms with Gasteiger partial charge in [-0.2, -0.15) is 0 Å². The van der Waals surface area contributed by atoms with Crippen molar-refractivity contribution in [3.05, 3.63) is 23.8 Å². The van der Waals surface area contributed by atoms with E-state index in [4.69, 9.17) is 4.74 Å². The van der Waals surface area contributed by atoms with Crippen LogP contribution in [0.15, 0.2) is 18.2 Å². The molecular formula is C13H18N2O2. The van der Waals surface area contributed by atoms with Gasteiger partial charge in [-0.15, -0.1) is 0 Å². The van der Waals surface area contributed by atoms with Crippen molar-refractivity contribution >= 4 is 17.3 Å². The fraction of sp³-hybridized carbons (Fsp3) is 0.462. The normalized spacial score (nSPS) is 13.0. The molecule has 92 valence electrons. The summed E-state index contributed by atoms with van der Waals surface area (Å²) < 4.78 is 5.15. The first kappa shape index (κ1) is 11.9. The number of nitrogens with one attached hydrogen (secondary N) is 2. The second-order valence-electron chi connectivity index (χ2n) is 4.04. The summed E-state index contributed by atoms with van der Waals surface area (Å²) in [7, 11) is 0. The second kappa shape index (κ2) is 5.68. The zero-order valence-electron chi connectivity index (χ0n) is 10.1. The van der Waals surface area contributed by atoms with Crippen LogP contribution in [0.5, 0.6) is 0 Å². The molecule has 0 saturated heterocycles. The molecule has 0 atom stereocenters. The molecule has 0 spiro atoms. The fourth-order valence-corrected chi connectivity index (χ4v) is 1.92. The van der Waals surface area contributed by atoms with E-state index in [-0.39, 0.29) is 5.91 Å². The van der Waals surface area contributed by atoms with E-state index >= 15 is 0 Å². The molecule has 4 nitrogen and oxygen atoms in total. The molecule has 2 rings (SSSR count). The van der Waals surface area contributed by atoms with E-state index in [2.05, 4.69) is 10.6 Å². The molecule has 1 amide bonds. The summed E-state index contributed by atoms with van der Waals surface area (Å²) in [6.45, 7) is 4.04. The third-order valence-corrected chi connectivity index (χ3v) is 2.78. The first-order chi connectivity index (χ1) is 8.29. The van der Waals surface area contributed by atoms with E-state index in [9.17, 15) is 4.79 Å². The quantitative estimate of drug-likeness (QED) is 0.766. The zero-order valence-corrected chi connectivity index (χ0v) is 10.1. The van der Waals surface area contributed by atoms with Gasteiger partial charge in [0.2, 0.25) is 5.91 Å². The molecule has 1 aromatic carbocycles. The van der Waals surface area contributed by atoms with Gasteiger partial charge in [-0.05, 0) is 37.1 Å². The van der Waals surface area contributed by atoms with Crippen LogP contribution in [0.25, 0.3) is 0 Å². The highest BCUT2D eigenvalue weighted by atomic mass is 16.5. The van der Waals surface area contributed by atoms with Crippen LogP contribution in [0.1, 0.15) is 18.9 Å². The minimum absolute atomic E-state index is 0.00403. The first-order valence-corrected chi connectivity index (χ1v) is 6.04. The molecule has 0 fully saturated rings. The van der Waals surface area contributed by atoms with E-state index in [1.54, 1.807) is 0 Å². The Morgan fingerprint density at radius 1 is 1.53 bits per heavy atom. The van der Waals surface area contributed by atoms with E-state index in [1.165, 1.54) is 11.3 Å². The molecule has 1 aliphatic rings. The van der Waals surface area contributed by atoms with Crippen molar-refractivity contribution in [2.45, 2.75) is 19.8 Å². The maximum Gasteiger partial charge on any atom is 0.226 e. The summed E-state index contributed by atoms with van der Waals surface area (Å²) in [5, 5.41) is 6.17. The highest BCUT2D eigenvalue weighted by Crippen LogP contribution is 2.25. The Morgan fingerprint density at radius 2 is 2.41 bits per heavy atom. The van der Waals surface area contributed by atoms with Gasteiger partial charge < -0.3 is 15.4 Å². The number of amides is 1. The van der Waals surface area contributed by atoms with Gasteiger partial charge in [0.15, 0.2) is 0 Å². The highest BCUT2D eigenvalue weighted by molar-refractivity contribution is 5.91. The fourth-order valence-electron chi connectivity index (χ4n) is 1.92. The summed E-state index contributed by atoms with van der Waals surface area (Å²) in [6.07, 6.45) is 1.43. The van der Waals surface area contributed by atoms with Gasteiger partial charge in [0.25, 0.3) is 0 Å². The minimum atomic E-state index is 0.00403. The Balaban J connectivity index is 1.88. The Morgan fingerprint density at radius 3 is 3.24 bits per heavy atom. The third kappa shape index (κ3) is 3.20. The summed E-state index contributed by atoms with van der Waals surface area (Å²) in [6, 6.07) is 5.98. The maximum atomic E-state index is 11.6. The number of ether oxygens (including phenoxy) is 1. The molecular weight excluding hydrogens is 216 g/mol. The van der Waals surface area contributed by atoms with Crippen molar-refractivity contribution in [2.24, 2.45) is 0 Å². The summed E-state index contributed by atoms with van der Waals surface area (Å²) in [4.78, 5) is 11.6. The Hall–Kier alpha value is -1.55. The molecule has 1 heterocycles. The van der Waals surface area contributed by atoms with E-state index in [1.807, 2.05) is 25.1 Å². The second-order valence-corrected chi connectivity index (χ2v) is 4.04. The highest BCUT2D eigenvalue weighted by Gasteiger charge is 2.10. The number of carbonyl (C=O) groups is 1. The SMILES string of the molecule is CCOCCC(=O)Nc1ccc2c(c1)CCN2. The van der Waals surface area contributed by atoms with E-state index in [0.29, 0.717) is 19.6 Å². The van der Waals surface area contributed by atoms with Gasteiger partial charge in [-0.25, -0.2) is 0 Å². The predicted octanol–water partition coefficient (Wildman–Crippen LogP) is 2.02. The number of hydrogen-bond acceptors (Lipinski definition) is 3. The molecule has 1 aromatic rings. The number of anilines is 2. The smallest absolute Gasteiger partial charge is 0.226 e. The monoisotopic (exact) mass is 234 g/mol. The molecule has 1 aliphatic heterocycles. The molecule has 17 heavy (non-hydrogen) atoms. The van der Waals surface area contributed by atoms with Crippen LogP contribution in [0, 0.1) is 0 Å². The van der Waals surface area contributed by atoms with Crippen molar-refractivity contribution in [1.29, 1.82) is 0 Å². The minimum Gasteiger partial charge on any atom is -0.384 e. The van der Waals surface area contributed by atoms with Gasteiger partial charge in [0.1, 0.15) is 0 Å². The molecule has 0 saturated carbocycles. The van der Waals surface area contributed by atoms with Crippen LogP contribution in [0.3, 0.4) is 0 Å². The van der Waals surface area contributed by atoms with Gasteiger partial charge in [0.05, 0.1) is 13.0 Å². The van der Waals surface area contributed by atoms with Crippen molar-refractivity contribution in [1.82, 2.24) is 0 Å². The maximum absolute atomic E-state index is 11.6. The number of hydrogen-bond donors (Lipinski definition) is 2. The van der Waals surface area contributed by atoms with Gasteiger partial charge in [0, 0.05) is 24.5 Å². The molecule has 0 bridgehead atoms. The van der Waals surface area contributed by atoms with Crippen molar-refractivity contribution < 1.29 is 9.53 Å². The molecule has 0 unspecified atom stereocenters.